The van der Waals surface area contributed by atoms with Gasteiger partial charge in [-0.25, -0.2) is 4.98 Å². The Labute approximate surface area is 230 Å². The van der Waals surface area contributed by atoms with Gasteiger partial charge in [-0.3, -0.25) is 19.5 Å². The van der Waals surface area contributed by atoms with E-state index in [0.29, 0.717) is 46.5 Å². The molecule has 1 amide bonds. The number of aliphatic hydroxyl groups excluding tert-OH is 1. The molecule has 0 aliphatic carbocycles. The van der Waals surface area contributed by atoms with Crippen molar-refractivity contribution in [2.45, 2.75) is 39.2 Å². The van der Waals surface area contributed by atoms with Crippen molar-refractivity contribution in [3.05, 3.63) is 83.7 Å². The summed E-state index contributed by atoms with van der Waals surface area (Å²) in [5, 5.41) is 11.7. The topological polar surface area (TPSA) is 102 Å². The van der Waals surface area contributed by atoms with E-state index in [1.165, 1.54) is 28.6 Å². The third kappa shape index (κ3) is 5.35. The maximum Gasteiger partial charge on any atom is 0.301 e. The number of ketones is 1. The predicted molar refractivity (Wildman–Crippen MR) is 151 cm³/mol. The summed E-state index contributed by atoms with van der Waals surface area (Å²) in [6.45, 7) is 5.13. The van der Waals surface area contributed by atoms with Crippen LogP contribution in [0.4, 0.5) is 5.13 Å². The minimum absolute atomic E-state index is 0.0106. The number of aliphatic hydroxyl groups is 1. The van der Waals surface area contributed by atoms with Crippen LogP contribution in [-0.2, 0) is 9.59 Å². The molecule has 1 aliphatic rings. The molecule has 0 spiro atoms. The van der Waals surface area contributed by atoms with E-state index in [1.807, 2.05) is 49.4 Å². The van der Waals surface area contributed by atoms with E-state index in [9.17, 15) is 14.7 Å². The van der Waals surface area contributed by atoms with Crippen molar-refractivity contribution in [1.29, 1.82) is 0 Å². The molecule has 1 aliphatic heterocycles. The van der Waals surface area contributed by atoms with Crippen LogP contribution in [0.5, 0.6) is 11.5 Å². The number of amides is 1. The zero-order valence-corrected chi connectivity index (χ0v) is 22.6. The van der Waals surface area contributed by atoms with Gasteiger partial charge in [0.05, 0.1) is 35.0 Å². The highest BCUT2D eigenvalue weighted by Crippen LogP contribution is 2.45. The van der Waals surface area contributed by atoms with Crippen LogP contribution < -0.4 is 14.4 Å². The van der Waals surface area contributed by atoms with E-state index in [0.717, 1.165) is 24.0 Å². The van der Waals surface area contributed by atoms with Crippen molar-refractivity contribution in [3.63, 3.8) is 0 Å². The maximum absolute atomic E-state index is 13.5. The first-order chi connectivity index (χ1) is 19.0. The molecule has 200 valence electrons. The Hall–Kier alpha value is -4.24. The largest absolute Gasteiger partial charge is 0.507 e. The lowest BCUT2D eigenvalue weighted by Crippen LogP contribution is -2.29. The number of hydrogen-bond donors (Lipinski definition) is 1. The van der Waals surface area contributed by atoms with Crippen LogP contribution in [0.2, 0.25) is 0 Å². The van der Waals surface area contributed by atoms with Crippen molar-refractivity contribution in [1.82, 2.24) is 9.97 Å². The molecule has 8 nitrogen and oxygen atoms in total. The number of Topliss-reactive ketones (excluding diaryl/α,β-unsaturated/α-hetero) is 1. The standard InChI is InChI=1S/C30H29N3O5S/c1-3-5-6-16-38-21-9-7-8-20(17-21)26-25(27(34)19-12-14-31-15-13-19)28(35)29(36)33(26)30-32-23-11-10-22(37-4-2)18-24(23)39-30/h7-15,17-18,26,34H,3-6,16H2,1-2H3. The SMILES string of the molecule is CCCCCOc1cccc(C2C(=C(O)c3ccncc3)C(=O)C(=O)N2c2nc3ccc(OCC)cc3s2)c1. The van der Waals surface area contributed by atoms with Crippen LogP contribution in [0.15, 0.2) is 72.6 Å². The number of rotatable bonds is 10. The molecular formula is C30H29N3O5S. The molecule has 5 rings (SSSR count). The fraction of sp³-hybridized carbons (Fsp3) is 0.267. The molecule has 1 saturated heterocycles. The Balaban J connectivity index is 1.62. The van der Waals surface area contributed by atoms with Gasteiger partial charge >= 0.3 is 5.91 Å². The number of nitrogens with zero attached hydrogens (tertiary/aromatic N) is 3. The van der Waals surface area contributed by atoms with Crippen LogP contribution in [0, 0.1) is 0 Å². The number of ether oxygens (including phenoxy) is 2. The molecule has 1 N–H and O–H groups in total. The van der Waals surface area contributed by atoms with Gasteiger partial charge in [-0.15, -0.1) is 0 Å². The molecule has 9 heteroatoms. The second-order valence-corrected chi connectivity index (χ2v) is 10.1. The molecule has 3 heterocycles. The second-order valence-electron chi connectivity index (χ2n) is 9.09. The highest BCUT2D eigenvalue weighted by Gasteiger charge is 2.48. The average Bonchev–Trinajstić information content (AvgIpc) is 3.49. The Morgan fingerprint density at radius 2 is 1.79 bits per heavy atom. The van der Waals surface area contributed by atoms with E-state index in [-0.39, 0.29) is 11.3 Å². The number of thiazole rings is 1. The molecule has 0 bridgehead atoms. The Morgan fingerprint density at radius 3 is 2.56 bits per heavy atom. The Morgan fingerprint density at radius 1 is 1.00 bits per heavy atom. The van der Waals surface area contributed by atoms with E-state index < -0.39 is 17.7 Å². The molecule has 0 saturated carbocycles. The number of carbonyl (C=O) groups excluding carboxylic acids is 2. The van der Waals surface area contributed by atoms with Crippen LogP contribution in [0.25, 0.3) is 16.0 Å². The predicted octanol–water partition coefficient (Wildman–Crippen LogP) is 6.29. The number of anilines is 1. The second kappa shape index (κ2) is 11.7. The van der Waals surface area contributed by atoms with Crippen molar-refractivity contribution >= 4 is 44.1 Å². The summed E-state index contributed by atoms with van der Waals surface area (Å²) in [4.78, 5) is 37.1. The minimum atomic E-state index is -0.899. The van der Waals surface area contributed by atoms with Crippen molar-refractivity contribution in [2.75, 3.05) is 18.1 Å². The molecule has 2 aromatic heterocycles. The molecule has 1 atom stereocenters. The maximum atomic E-state index is 13.5. The molecule has 1 unspecified atom stereocenters. The molecule has 4 aromatic rings. The molecular weight excluding hydrogens is 514 g/mol. The van der Waals surface area contributed by atoms with E-state index in [2.05, 4.69) is 16.9 Å². The Kier molecular flexibility index (Phi) is 7.88. The fourth-order valence-corrected chi connectivity index (χ4v) is 5.60. The van der Waals surface area contributed by atoms with Gasteiger partial charge in [0.1, 0.15) is 17.3 Å². The van der Waals surface area contributed by atoms with Crippen LogP contribution in [0.1, 0.15) is 50.3 Å². The van der Waals surface area contributed by atoms with E-state index in [1.54, 1.807) is 12.1 Å². The van der Waals surface area contributed by atoms with Crippen molar-refractivity contribution in [3.8, 4) is 11.5 Å². The smallest absolute Gasteiger partial charge is 0.301 e. The summed E-state index contributed by atoms with van der Waals surface area (Å²) in [5.41, 5.74) is 1.70. The van der Waals surface area contributed by atoms with Gasteiger partial charge < -0.3 is 14.6 Å². The lowest BCUT2D eigenvalue weighted by molar-refractivity contribution is -0.132. The van der Waals surface area contributed by atoms with Crippen LogP contribution >= 0.6 is 11.3 Å². The highest BCUT2D eigenvalue weighted by molar-refractivity contribution is 7.22. The van der Waals surface area contributed by atoms with Crippen molar-refractivity contribution in [2.24, 2.45) is 0 Å². The number of unbranched alkanes of at least 4 members (excludes halogenated alkanes) is 2. The summed E-state index contributed by atoms with van der Waals surface area (Å²) >= 11 is 1.29. The summed E-state index contributed by atoms with van der Waals surface area (Å²) in [6.07, 6.45) is 6.12. The van der Waals surface area contributed by atoms with E-state index >= 15 is 0 Å². The minimum Gasteiger partial charge on any atom is -0.507 e. The van der Waals surface area contributed by atoms with Gasteiger partial charge in [0, 0.05) is 18.0 Å². The number of aromatic nitrogens is 2. The summed E-state index contributed by atoms with van der Waals surface area (Å²) < 4.78 is 12.4. The van der Waals surface area contributed by atoms with Gasteiger partial charge in [-0.1, -0.05) is 43.2 Å². The number of carbonyl (C=O) groups is 2. The summed E-state index contributed by atoms with van der Waals surface area (Å²) in [7, 11) is 0. The molecule has 2 aromatic carbocycles. The molecule has 1 fully saturated rings. The molecule has 0 radical (unpaired) electrons. The monoisotopic (exact) mass is 543 g/mol. The summed E-state index contributed by atoms with van der Waals surface area (Å²) in [6, 6.07) is 15.1. The number of pyridine rings is 1. The number of fused-ring (bicyclic) bond motifs is 1. The third-order valence-corrected chi connectivity index (χ3v) is 7.47. The first-order valence-electron chi connectivity index (χ1n) is 13.0. The van der Waals surface area contributed by atoms with Gasteiger partial charge in [-0.05, 0) is 61.4 Å². The first kappa shape index (κ1) is 26.4. The first-order valence-corrected chi connectivity index (χ1v) is 13.8. The number of hydrogen-bond acceptors (Lipinski definition) is 8. The average molecular weight is 544 g/mol. The fourth-order valence-electron chi connectivity index (χ4n) is 4.58. The van der Waals surface area contributed by atoms with Gasteiger partial charge in [0.25, 0.3) is 5.78 Å². The molecule has 39 heavy (non-hydrogen) atoms. The third-order valence-electron chi connectivity index (χ3n) is 6.45. The van der Waals surface area contributed by atoms with E-state index in [4.69, 9.17) is 9.47 Å². The van der Waals surface area contributed by atoms with Gasteiger partial charge in [-0.2, -0.15) is 0 Å². The number of benzene rings is 2. The lowest BCUT2D eigenvalue weighted by atomic mass is 9.95. The van der Waals surface area contributed by atoms with Gasteiger partial charge in [0.2, 0.25) is 0 Å². The zero-order valence-electron chi connectivity index (χ0n) is 21.8. The van der Waals surface area contributed by atoms with Crippen LogP contribution in [-0.4, -0.2) is 40.0 Å². The normalized spacial score (nSPS) is 16.7. The van der Waals surface area contributed by atoms with Gasteiger partial charge in [0.15, 0.2) is 5.13 Å². The zero-order chi connectivity index (χ0) is 27.4. The lowest BCUT2D eigenvalue weighted by Gasteiger charge is -2.23. The Bertz CT molecular complexity index is 1530. The van der Waals surface area contributed by atoms with Crippen molar-refractivity contribution < 1.29 is 24.2 Å². The van der Waals surface area contributed by atoms with Crippen LogP contribution in [0.3, 0.4) is 0 Å². The highest BCUT2D eigenvalue weighted by atomic mass is 32.1. The quantitative estimate of drug-likeness (QED) is 0.109. The summed E-state index contributed by atoms with van der Waals surface area (Å²) in [5.74, 6) is -0.475.